The van der Waals surface area contributed by atoms with Crippen LogP contribution < -0.4 is 0 Å². The molecule has 0 aliphatic rings. The molecule has 0 fully saturated rings. The van der Waals surface area contributed by atoms with Gasteiger partial charge in [0.15, 0.2) is 5.16 Å². The van der Waals surface area contributed by atoms with E-state index in [9.17, 15) is 0 Å². The number of hydrogen-bond acceptors (Lipinski definition) is 6. The monoisotopic (exact) mass is 338 g/mol. The normalized spacial score (nSPS) is 10.8. The molecule has 106 valence electrons. The Morgan fingerprint density at radius 3 is 2.71 bits per heavy atom. The molecule has 0 aliphatic heterocycles. The Morgan fingerprint density at radius 2 is 1.95 bits per heavy atom. The van der Waals surface area contributed by atoms with Crippen molar-refractivity contribution in [1.82, 2.24) is 29.7 Å². The number of rotatable bonds is 4. The number of aromatic nitrogens is 6. The Morgan fingerprint density at radius 1 is 1.10 bits per heavy atom. The van der Waals surface area contributed by atoms with Gasteiger partial charge in [-0.25, -0.2) is 4.98 Å². The molecule has 0 unspecified atom stereocenters. The molecule has 0 radical (unpaired) electrons. The second-order valence-corrected chi connectivity index (χ2v) is 5.59. The van der Waals surface area contributed by atoms with Crippen LogP contribution in [0.15, 0.2) is 42.1 Å². The van der Waals surface area contributed by atoms with E-state index in [0.29, 0.717) is 21.9 Å². The second-order valence-electron chi connectivity index (χ2n) is 3.91. The molecule has 0 aliphatic carbocycles. The summed E-state index contributed by atoms with van der Waals surface area (Å²) in [5.41, 5.74) is 1.00. The molecule has 0 saturated heterocycles. The fourth-order valence-corrected chi connectivity index (χ4v) is 2.88. The van der Waals surface area contributed by atoms with Gasteiger partial charge in [0, 0.05) is 10.8 Å². The first-order chi connectivity index (χ1) is 10.2. The highest BCUT2D eigenvalue weighted by atomic mass is 35.5. The zero-order chi connectivity index (χ0) is 14.7. The van der Waals surface area contributed by atoms with E-state index in [1.807, 2.05) is 24.3 Å². The molecule has 9 heteroatoms. The minimum atomic E-state index is 0.108. The molecule has 0 amide bonds. The van der Waals surface area contributed by atoms with E-state index < -0.39 is 0 Å². The van der Waals surface area contributed by atoms with Gasteiger partial charge < -0.3 is 0 Å². The topological polar surface area (TPSA) is 69.4 Å². The molecule has 6 nitrogen and oxygen atoms in total. The molecular weight excluding hydrogens is 331 g/mol. The Balaban J connectivity index is 1.81. The van der Waals surface area contributed by atoms with Gasteiger partial charge in [-0.2, -0.15) is 24.7 Å². The van der Waals surface area contributed by atoms with E-state index in [-0.39, 0.29) is 5.28 Å². The van der Waals surface area contributed by atoms with Gasteiger partial charge in [0.25, 0.3) is 5.95 Å². The number of halogens is 2. The third kappa shape index (κ3) is 3.49. The molecule has 21 heavy (non-hydrogen) atoms. The number of thioether (sulfide) groups is 1. The lowest BCUT2D eigenvalue weighted by Crippen LogP contribution is -2.04. The molecule has 0 bridgehead atoms. The number of hydrogen-bond donors (Lipinski definition) is 0. The lowest BCUT2D eigenvalue weighted by atomic mass is 10.2. The van der Waals surface area contributed by atoms with E-state index in [1.54, 1.807) is 0 Å². The fourth-order valence-electron chi connectivity index (χ4n) is 1.56. The average molecular weight is 339 g/mol. The summed E-state index contributed by atoms with van der Waals surface area (Å²) >= 11 is 13.5. The zero-order valence-corrected chi connectivity index (χ0v) is 12.8. The summed E-state index contributed by atoms with van der Waals surface area (Å²) in [5, 5.41) is 5.28. The fraction of sp³-hybridized carbons (Fsp3) is 0.0833. The number of nitrogens with zero attached hydrogens (tertiary/aromatic N) is 6. The predicted molar refractivity (Wildman–Crippen MR) is 80.8 cm³/mol. The molecule has 2 aromatic heterocycles. The van der Waals surface area contributed by atoms with Crippen LogP contribution in [0, 0.1) is 0 Å². The van der Waals surface area contributed by atoms with E-state index in [4.69, 9.17) is 23.2 Å². The van der Waals surface area contributed by atoms with Crippen LogP contribution in [0.25, 0.3) is 5.95 Å². The van der Waals surface area contributed by atoms with Crippen molar-refractivity contribution in [2.24, 2.45) is 0 Å². The second kappa shape index (κ2) is 6.38. The van der Waals surface area contributed by atoms with Crippen LogP contribution in [0.1, 0.15) is 5.56 Å². The van der Waals surface area contributed by atoms with Crippen LogP contribution in [0.5, 0.6) is 0 Å². The van der Waals surface area contributed by atoms with Gasteiger partial charge in [0.05, 0.1) is 0 Å². The average Bonchev–Trinajstić information content (AvgIpc) is 3.00. The van der Waals surface area contributed by atoms with Gasteiger partial charge in [0.2, 0.25) is 5.28 Å². The highest BCUT2D eigenvalue weighted by Gasteiger charge is 2.09. The first-order valence-corrected chi connectivity index (χ1v) is 7.59. The number of benzene rings is 1. The van der Waals surface area contributed by atoms with Crippen LogP contribution in [-0.2, 0) is 5.75 Å². The minimum Gasteiger partial charge on any atom is -0.223 e. The molecule has 0 atom stereocenters. The third-order valence-corrected chi connectivity index (χ3v) is 3.95. The van der Waals surface area contributed by atoms with Crippen molar-refractivity contribution in [1.29, 1.82) is 0 Å². The highest BCUT2D eigenvalue weighted by molar-refractivity contribution is 7.98. The van der Waals surface area contributed by atoms with Crippen molar-refractivity contribution in [2.45, 2.75) is 10.9 Å². The van der Waals surface area contributed by atoms with E-state index in [2.05, 4.69) is 25.0 Å². The standard InChI is InChI=1S/C12H8Cl2N6S/c13-9-4-2-1-3-8(9)5-21-12-18-10(14)17-11(19-12)20-7-15-6-16-20/h1-4,6-7H,5H2. The first-order valence-electron chi connectivity index (χ1n) is 5.85. The van der Waals surface area contributed by atoms with Crippen molar-refractivity contribution < 1.29 is 0 Å². The lowest BCUT2D eigenvalue weighted by Gasteiger charge is -2.05. The Kier molecular flexibility index (Phi) is 4.33. The van der Waals surface area contributed by atoms with Crippen molar-refractivity contribution in [3.05, 3.63) is 52.8 Å². The molecule has 3 rings (SSSR count). The van der Waals surface area contributed by atoms with Crippen molar-refractivity contribution in [2.75, 3.05) is 0 Å². The molecule has 1 aromatic carbocycles. The van der Waals surface area contributed by atoms with Crippen molar-refractivity contribution in [3.8, 4) is 5.95 Å². The summed E-state index contributed by atoms with van der Waals surface area (Å²) < 4.78 is 1.42. The lowest BCUT2D eigenvalue weighted by molar-refractivity contribution is 0.757. The molecule has 2 heterocycles. The van der Waals surface area contributed by atoms with Gasteiger partial charge in [-0.3, -0.25) is 0 Å². The molecule has 3 aromatic rings. The van der Waals surface area contributed by atoms with Gasteiger partial charge in [-0.15, -0.1) is 0 Å². The molecule has 0 spiro atoms. The quantitative estimate of drug-likeness (QED) is 0.681. The van der Waals surface area contributed by atoms with E-state index >= 15 is 0 Å². The van der Waals surface area contributed by atoms with Crippen molar-refractivity contribution >= 4 is 35.0 Å². The maximum atomic E-state index is 6.12. The first kappa shape index (κ1) is 14.2. The summed E-state index contributed by atoms with van der Waals surface area (Å²) in [6, 6.07) is 7.62. The van der Waals surface area contributed by atoms with E-state index in [0.717, 1.165) is 5.56 Å². The smallest absolute Gasteiger partial charge is 0.223 e. The SMILES string of the molecule is Clc1nc(SCc2ccccc2Cl)nc(-n2cncn2)n1. The third-order valence-electron chi connectivity index (χ3n) is 2.51. The van der Waals surface area contributed by atoms with E-state index in [1.165, 1.54) is 29.1 Å². The van der Waals surface area contributed by atoms with Gasteiger partial charge in [-0.05, 0) is 23.2 Å². The Hall–Kier alpha value is -1.70. The van der Waals surface area contributed by atoms with Crippen LogP contribution in [0.4, 0.5) is 0 Å². The maximum Gasteiger partial charge on any atom is 0.257 e. The molecular formula is C12H8Cl2N6S. The summed E-state index contributed by atoms with van der Waals surface area (Å²) in [6.45, 7) is 0. The summed E-state index contributed by atoms with van der Waals surface area (Å²) in [7, 11) is 0. The summed E-state index contributed by atoms with van der Waals surface area (Å²) in [4.78, 5) is 16.2. The summed E-state index contributed by atoms with van der Waals surface area (Å²) in [6.07, 6.45) is 2.89. The molecule has 0 saturated carbocycles. The Labute approximate surface area is 134 Å². The zero-order valence-electron chi connectivity index (χ0n) is 10.5. The van der Waals surface area contributed by atoms with Crippen molar-refractivity contribution in [3.63, 3.8) is 0 Å². The Bertz CT molecular complexity index is 749. The van der Waals surface area contributed by atoms with Crippen LogP contribution in [-0.4, -0.2) is 29.7 Å². The van der Waals surface area contributed by atoms with Gasteiger partial charge in [-0.1, -0.05) is 41.6 Å². The summed E-state index contributed by atoms with van der Waals surface area (Å²) in [5.74, 6) is 0.964. The highest BCUT2D eigenvalue weighted by Crippen LogP contribution is 2.25. The maximum absolute atomic E-state index is 6.12. The van der Waals surface area contributed by atoms with Crippen LogP contribution in [0.2, 0.25) is 10.3 Å². The van der Waals surface area contributed by atoms with Gasteiger partial charge >= 0.3 is 0 Å². The predicted octanol–water partition coefficient (Wildman–Crippen LogP) is 3.05. The minimum absolute atomic E-state index is 0.108. The van der Waals surface area contributed by atoms with Crippen LogP contribution in [0.3, 0.4) is 0 Å². The van der Waals surface area contributed by atoms with Gasteiger partial charge in [0.1, 0.15) is 12.7 Å². The van der Waals surface area contributed by atoms with Crippen LogP contribution >= 0.6 is 35.0 Å². The largest absolute Gasteiger partial charge is 0.257 e. The molecule has 0 N–H and O–H groups in total.